The number of nitrogens with zero attached hydrogens (tertiary/aromatic N) is 2. The van der Waals surface area contributed by atoms with Crippen LogP contribution in [0.5, 0.6) is 0 Å². The highest BCUT2D eigenvalue weighted by molar-refractivity contribution is 9.08. The summed E-state index contributed by atoms with van der Waals surface area (Å²) < 4.78 is 0. The minimum absolute atomic E-state index is 0.753. The molecule has 0 radical (unpaired) electrons. The maximum atomic E-state index is 3.54. The Labute approximate surface area is 124 Å². The lowest BCUT2D eigenvalue weighted by Gasteiger charge is -2.29. The molecule has 2 bridgehead atoms. The van der Waals surface area contributed by atoms with E-state index >= 15 is 0 Å². The van der Waals surface area contributed by atoms with Crippen molar-refractivity contribution in [2.45, 2.75) is 43.6 Å². The third kappa shape index (κ3) is 2.55. The first-order valence-electron chi connectivity index (χ1n) is 7.31. The Morgan fingerprint density at radius 2 is 2.00 bits per heavy atom. The number of halogens is 1. The van der Waals surface area contributed by atoms with Crippen molar-refractivity contribution < 1.29 is 0 Å². The second-order valence-corrected chi connectivity index (χ2v) is 6.60. The van der Waals surface area contributed by atoms with Crippen molar-refractivity contribution in [1.82, 2.24) is 4.90 Å². The molecule has 2 unspecified atom stereocenters. The fourth-order valence-electron chi connectivity index (χ4n) is 3.68. The number of anilines is 1. The Morgan fingerprint density at radius 1 is 1.21 bits per heavy atom. The number of benzene rings is 1. The molecule has 2 fully saturated rings. The van der Waals surface area contributed by atoms with Crippen LogP contribution < -0.4 is 4.90 Å². The maximum Gasteiger partial charge on any atom is 0.0396 e. The van der Waals surface area contributed by atoms with E-state index in [2.05, 4.69) is 57.9 Å². The number of alkyl halides is 1. The molecule has 2 nitrogen and oxygen atoms in total. The number of hydrogen-bond acceptors (Lipinski definition) is 2. The van der Waals surface area contributed by atoms with Gasteiger partial charge in [0.15, 0.2) is 0 Å². The molecule has 1 aromatic carbocycles. The zero-order chi connectivity index (χ0) is 13.4. The van der Waals surface area contributed by atoms with Crippen LogP contribution in [0.3, 0.4) is 0 Å². The van der Waals surface area contributed by atoms with E-state index in [-0.39, 0.29) is 0 Å². The molecule has 104 valence electrons. The molecule has 3 heteroatoms. The van der Waals surface area contributed by atoms with Gasteiger partial charge in [-0.15, -0.1) is 0 Å². The molecule has 0 saturated carbocycles. The van der Waals surface area contributed by atoms with Crippen LogP contribution in [-0.2, 0) is 5.33 Å². The number of rotatable bonds is 2. The van der Waals surface area contributed by atoms with E-state index in [1.165, 1.54) is 49.2 Å². The molecule has 0 amide bonds. The van der Waals surface area contributed by atoms with Crippen LogP contribution in [0, 0.1) is 6.92 Å². The number of likely N-dealkylation sites (N-methyl/N-ethyl adjacent to an activating group) is 1. The van der Waals surface area contributed by atoms with E-state index in [1.54, 1.807) is 0 Å². The molecular formula is C16H23BrN2. The molecular weight excluding hydrogens is 300 g/mol. The van der Waals surface area contributed by atoms with Crippen LogP contribution in [0.4, 0.5) is 5.69 Å². The van der Waals surface area contributed by atoms with E-state index in [9.17, 15) is 0 Å². The van der Waals surface area contributed by atoms with E-state index in [0.717, 1.165) is 17.4 Å². The van der Waals surface area contributed by atoms with Gasteiger partial charge in [-0.3, -0.25) is 4.90 Å². The van der Waals surface area contributed by atoms with E-state index in [0.29, 0.717) is 0 Å². The van der Waals surface area contributed by atoms with Gasteiger partial charge in [0, 0.05) is 36.2 Å². The van der Waals surface area contributed by atoms with Crippen molar-refractivity contribution in [3.8, 4) is 0 Å². The van der Waals surface area contributed by atoms with Gasteiger partial charge < -0.3 is 4.90 Å². The highest BCUT2D eigenvalue weighted by atomic mass is 79.9. The van der Waals surface area contributed by atoms with Gasteiger partial charge in [0.1, 0.15) is 0 Å². The van der Waals surface area contributed by atoms with Crippen LogP contribution in [0.2, 0.25) is 0 Å². The molecule has 19 heavy (non-hydrogen) atoms. The second-order valence-electron chi connectivity index (χ2n) is 6.04. The number of hydrogen-bond donors (Lipinski definition) is 0. The van der Waals surface area contributed by atoms with Crippen LogP contribution >= 0.6 is 15.9 Å². The van der Waals surface area contributed by atoms with Gasteiger partial charge in [-0.05, 0) is 50.4 Å². The highest BCUT2D eigenvalue weighted by Gasteiger charge is 2.34. The molecule has 2 saturated heterocycles. The fourth-order valence-corrected chi connectivity index (χ4v) is 4.03. The summed E-state index contributed by atoms with van der Waals surface area (Å²) in [5.74, 6) is 0. The Bertz CT molecular complexity index is 460. The molecule has 2 atom stereocenters. The standard InChI is InChI=1S/C16H23BrN2/c1-12-9-13(10-17)3-6-16(12)19-8-7-14-4-5-15(11-19)18(14)2/h3,6,9,14-15H,4-5,7-8,10-11H2,1-2H3. The largest absolute Gasteiger partial charge is 0.370 e. The summed E-state index contributed by atoms with van der Waals surface area (Å²) in [5, 5.41) is 0.946. The summed E-state index contributed by atoms with van der Waals surface area (Å²) >= 11 is 3.54. The quantitative estimate of drug-likeness (QED) is 0.768. The van der Waals surface area contributed by atoms with Gasteiger partial charge >= 0.3 is 0 Å². The molecule has 3 rings (SSSR count). The average Bonchev–Trinajstić information content (AvgIpc) is 2.64. The molecule has 2 heterocycles. The number of aryl methyl sites for hydroxylation is 1. The van der Waals surface area contributed by atoms with Crippen LogP contribution in [0.1, 0.15) is 30.4 Å². The van der Waals surface area contributed by atoms with E-state index < -0.39 is 0 Å². The molecule has 0 spiro atoms. The zero-order valence-electron chi connectivity index (χ0n) is 11.9. The van der Waals surface area contributed by atoms with Crippen molar-refractivity contribution >= 4 is 21.6 Å². The van der Waals surface area contributed by atoms with Gasteiger partial charge in [0.05, 0.1) is 0 Å². The highest BCUT2D eigenvalue weighted by Crippen LogP contribution is 2.32. The third-order valence-corrected chi connectivity index (χ3v) is 5.55. The van der Waals surface area contributed by atoms with Crippen molar-refractivity contribution in [1.29, 1.82) is 0 Å². The third-order valence-electron chi connectivity index (χ3n) is 4.90. The van der Waals surface area contributed by atoms with E-state index in [1.807, 2.05) is 0 Å². The normalized spacial score (nSPS) is 27.6. The second kappa shape index (κ2) is 5.45. The summed E-state index contributed by atoms with van der Waals surface area (Å²) in [6.45, 7) is 4.65. The maximum absolute atomic E-state index is 3.54. The van der Waals surface area contributed by atoms with Gasteiger partial charge in [0.25, 0.3) is 0 Å². The lowest BCUT2D eigenvalue weighted by atomic mass is 10.1. The summed E-state index contributed by atoms with van der Waals surface area (Å²) in [5.41, 5.74) is 4.22. The molecule has 1 aromatic rings. The topological polar surface area (TPSA) is 6.48 Å². The van der Waals surface area contributed by atoms with E-state index in [4.69, 9.17) is 0 Å². The monoisotopic (exact) mass is 322 g/mol. The van der Waals surface area contributed by atoms with Crippen LogP contribution in [0.25, 0.3) is 0 Å². The first kappa shape index (κ1) is 13.4. The zero-order valence-corrected chi connectivity index (χ0v) is 13.5. The molecule has 0 aliphatic carbocycles. The molecule has 0 N–H and O–H groups in total. The van der Waals surface area contributed by atoms with Crippen LogP contribution in [-0.4, -0.2) is 37.1 Å². The summed E-state index contributed by atoms with van der Waals surface area (Å²) in [4.78, 5) is 5.22. The SMILES string of the molecule is Cc1cc(CBr)ccc1N1CCC2CCC(C1)N2C. The predicted molar refractivity (Wildman–Crippen MR) is 85.2 cm³/mol. The molecule has 2 aliphatic heterocycles. The molecule has 2 aliphatic rings. The Balaban J connectivity index is 1.82. The van der Waals surface area contributed by atoms with Crippen molar-refractivity contribution in [3.05, 3.63) is 29.3 Å². The van der Waals surface area contributed by atoms with Crippen molar-refractivity contribution in [2.24, 2.45) is 0 Å². The Hall–Kier alpha value is -0.540. The smallest absolute Gasteiger partial charge is 0.0396 e. The van der Waals surface area contributed by atoms with Crippen LogP contribution in [0.15, 0.2) is 18.2 Å². The van der Waals surface area contributed by atoms with Gasteiger partial charge in [0.2, 0.25) is 0 Å². The van der Waals surface area contributed by atoms with Crippen molar-refractivity contribution in [3.63, 3.8) is 0 Å². The van der Waals surface area contributed by atoms with Crippen molar-refractivity contribution in [2.75, 3.05) is 25.0 Å². The Morgan fingerprint density at radius 3 is 2.74 bits per heavy atom. The fraction of sp³-hybridized carbons (Fsp3) is 0.625. The minimum atomic E-state index is 0.753. The summed E-state index contributed by atoms with van der Waals surface area (Å²) in [6, 6.07) is 8.45. The Kier molecular flexibility index (Phi) is 3.86. The molecule has 0 aromatic heterocycles. The summed E-state index contributed by atoms with van der Waals surface area (Å²) in [7, 11) is 2.31. The first-order valence-corrected chi connectivity index (χ1v) is 8.43. The lowest BCUT2D eigenvalue weighted by Crippen LogP contribution is -2.36. The number of fused-ring (bicyclic) bond motifs is 2. The lowest BCUT2D eigenvalue weighted by molar-refractivity contribution is 0.254. The van der Waals surface area contributed by atoms with Gasteiger partial charge in [-0.1, -0.05) is 28.1 Å². The first-order chi connectivity index (χ1) is 9.19. The minimum Gasteiger partial charge on any atom is -0.370 e. The summed E-state index contributed by atoms with van der Waals surface area (Å²) in [6.07, 6.45) is 4.08. The average molecular weight is 323 g/mol. The predicted octanol–water partition coefficient (Wildman–Crippen LogP) is 3.56. The van der Waals surface area contributed by atoms with Gasteiger partial charge in [-0.2, -0.15) is 0 Å². The van der Waals surface area contributed by atoms with Gasteiger partial charge in [-0.25, -0.2) is 0 Å².